The average Bonchev–Trinajstić information content (AvgIpc) is 3.00. The standard InChI is InChI=1S/C17H19N5O3S/c23-14-6-5-12(18-17(25)19-14)16(24)22-9-7-21(8-10-22)15-11-3-1-2-4-13(11)26-20-15/h1-4,12H,5-10H2,(H2,18,19,23,25)/t12-/m1/s1. The lowest BCUT2D eigenvalue weighted by atomic mass is 10.1. The van der Waals surface area contributed by atoms with Crippen LogP contribution < -0.4 is 15.5 Å². The minimum Gasteiger partial charge on any atom is -0.352 e. The van der Waals surface area contributed by atoms with Crippen molar-refractivity contribution < 1.29 is 14.4 Å². The third-order valence-corrected chi connectivity index (χ3v) is 5.58. The molecule has 2 N–H and O–H groups in total. The summed E-state index contributed by atoms with van der Waals surface area (Å²) >= 11 is 1.48. The molecule has 0 bridgehead atoms. The number of fused-ring (bicyclic) bond motifs is 1. The van der Waals surface area contributed by atoms with E-state index in [1.54, 1.807) is 4.90 Å². The normalized spacial score (nSPS) is 21.3. The summed E-state index contributed by atoms with van der Waals surface area (Å²) in [5, 5.41) is 5.92. The summed E-state index contributed by atoms with van der Waals surface area (Å²) in [6.45, 7) is 2.52. The molecule has 3 heterocycles. The molecule has 0 saturated carbocycles. The molecule has 2 fully saturated rings. The van der Waals surface area contributed by atoms with Gasteiger partial charge in [-0.2, -0.15) is 4.37 Å². The molecule has 0 spiro atoms. The van der Waals surface area contributed by atoms with Gasteiger partial charge in [-0.05, 0) is 30.1 Å². The van der Waals surface area contributed by atoms with Crippen molar-refractivity contribution in [3.8, 4) is 0 Å². The Hall–Kier alpha value is -2.68. The number of imide groups is 1. The monoisotopic (exact) mass is 373 g/mol. The van der Waals surface area contributed by atoms with E-state index < -0.39 is 12.1 Å². The Morgan fingerprint density at radius 2 is 1.92 bits per heavy atom. The van der Waals surface area contributed by atoms with E-state index >= 15 is 0 Å². The third-order valence-electron chi connectivity index (χ3n) is 4.77. The molecule has 9 heteroatoms. The Morgan fingerprint density at radius 3 is 2.73 bits per heavy atom. The Kier molecular flexibility index (Phi) is 4.46. The number of nitrogens with one attached hydrogen (secondary N) is 2. The molecule has 0 unspecified atom stereocenters. The van der Waals surface area contributed by atoms with Crippen LogP contribution in [0.25, 0.3) is 10.1 Å². The second kappa shape index (κ2) is 6.91. The number of rotatable bonds is 2. The summed E-state index contributed by atoms with van der Waals surface area (Å²) in [7, 11) is 0. The van der Waals surface area contributed by atoms with E-state index in [0.29, 0.717) is 32.6 Å². The predicted octanol–water partition coefficient (Wildman–Crippen LogP) is 0.933. The van der Waals surface area contributed by atoms with Crippen molar-refractivity contribution in [1.82, 2.24) is 19.9 Å². The fourth-order valence-corrected chi connectivity index (χ4v) is 4.17. The number of aromatic nitrogens is 1. The Bertz CT molecular complexity index is 859. The number of piperazine rings is 1. The maximum absolute atomic E-state index is 12.7. The van der Waals surface area contributed by atoms with Gasteiger partial charge in [0.1, 0.15) is 11.9 Å². The smallest absolute Gasteiger partial charge is 0.322 e. The van der Waals surface area contributed by atoms with Crippen LogP contribution in [0.1, 0.15) is 12.8 Å². The first-order valence-corrected chi connectivity index (χ1v) is 9.37. The molecule has 2 aliphatic heterocycles. The SMILES string of the molecule is O=C1CC[C@H](C(=O)N2CCN(c3nsc4ccccc34)CC2)NC(=O)N1. The highest BCUT2D eigenvalue weighted by molar-refractivity contribution is 7.13. The van der Waals surface area contributed by atoms with Crippen LogP contribution in [-0.4, -0.2) is 59.3 Å². The lowest BCUT2D eigenvalue weighted by molar-refractivity contribution is -0.133. The summed E-state index contributed by atoms with van der Waals surface area (Å²) in [6.07, 6.45) is 0.493. The molecule has 0 aliphatic carbocycles. The van der Waals surface area contributed by atoms with Gasteiger partial charge < -0.3 is 15.1 Å². The van der Waals surface area contributed by atoms with E-state index in [2.05, 4.69) is 32.0 Å². The molecule has 26 heavy (non-hydrogen) atoms. The number of urea groups is 1. The van der Waals surface area contributed by atoms with Gasteiger partial charge in [-0.25, -0.2) is 4.79 Å². The Morgan fingerprint density at radius 1 is 1.15 bits per heavy atom. The van der Waals surface area contributed by atoms with Gasteiger partial charge in [0.15, 0.2) is 0 Å². The number of anilines is 1. The highest BCUT2D eigenvalue weighted by Gasteiger charge is 2.31. The first-order chi connectivity index (χ1) is 12.6. The van der Waals surface area contributed by atoms with Crippen LogP contribution in [0.15, 0.2) is 24.3 Å². The van der Waals surface area contributed by atoms with Gasteiger partial charge >= 0.3 is 6.03 Å². The van der Waals surface area contributed by atoms with Crippen LogP contribution in [0, 0.1) is 0 Å². The number of benzene rings is 1. The molecule has 4 rings (SSSR count). The van der Waals surface area contributed by atoms with Crippen LogP contribution in [0.3, 0.4) is 0 Å². The molecular formula is C17H19N5O3S. The number of amides is 4. The van der Waals surface area contributed by atoms with Gasteiger partial charge in [0.2, 0.25) is 11.8 Å². The second-order valence-corrected chi connectivity index (χ2v) is 7.23. The number of hydrogen-bond acceptors (Lipinski definition) is 6. The van der Waals surface area contributed by atoms with Crippen LogP contribution in [0.2, 0.25) is 0 Å². The zero-order valence-electron chi connectivity index (χ0n) is 14.1. The molecule has 4 amide bonds. The number of nitrogens with zero attached hydrogens (tertiary/aromatic N) is 3. The van der Waals surface area contributed by atoms with E-state index in [1.165, 1.54) is 11.5 Å². The molecule has 2 saturated heterocycles. The Labute approximate surface area is 154 Å². The molecule has 0 radical (unpaired) electrons. The van der Waals surface area contributed by atoms with Gasteiger partial charge in [-0.15, -0.1) is 0 Å². The number of carbonyl (C=O) groups is 3. The molecule has 1 atom stereocenters. The average molecular weight is 373 g/mol. The van der Waals surface area contributed by atoms with E-state index in [4.69, 9.17) is 0 Å². The van der Waals surface area contributed by atoms with Crippen molar-refractivity contribution in [3.63, 3.8) is 0 Å². The molecule has 2 aliphatic rings. The second-order valence-electron chi connectivity index (χ2n) is 6.43. The fraction of sp³-hybridized carbons (Fsp3) is 0.412. The van der Waals surface area contributed by atoms with E-state index in [0.717, 1.165) is 15.9 Å². The molecule has 1 aromatic carbocycles. The number of hydrogen-bond donors (Lipinski definition) is 2. The predicted molar refractivity (Wildman–Crippen MR) is 98.1 cm³/mol. The van der Waals surface area contributed by atoms with E-state index in [-0.39, 0.29) is 18.2 Å². The van der Waals surface area contributed by atoms with Gasteiger partial charge in [-0.1, -0.05) is 12.1 Å². The fourth-order valence-electron chi connectivity index (χ4n) is 3.38. The lowest BCUT2D eigenvalue weighted by Gasteiger charge is -2.36. The van der Waals surface area contributed by atoms with Crippen LogP contribution in [-0.2, 0) is 9.59 Å². The quantitative estimate of drug-likeness (QED) is 0.817. The summed E-state index contributed by atoms with van der Waals surface area (Å²) in [5.41, 5.74) is 0. The van der Waals surface area contributed by atoms with E-state index in [1.807, 2.05) is 12.1 Å². The zero-order chi connectivity index (χ0) is 18.1. The first-order valence-electron chi connectivity index (χ1n) is 8.60. The van der Waals surface area contributed by atoms with E-state index in [9.17, 15) is 14.4 Å². The van der Waals surface area contributed by atoms with Gasteiger partial charge in [-0.3, -0.25) is 14.9 Å². The van der Waals surface area contributed by atoms with Crippen LogP contribution >= 0.6 is 11.5 Å². The molecule has 2 aromatic rings. The van der Waals surface area contributed by atoms with Gasteiger partial charge in [0.05, 0.1) is 4.70 Å². The largest absolute Gasteiger partial charge is 0.352 e. The molecule has 136 valence electrons. The third kappa shape index (κ3) is 3.22. The summed E-state index contributed by atoms with van der Waals surface area (Å²) < 4.78 is 5.72. The van der Waals surface area contributed by atoms with Crippen LogP contribution in [0.4, 0.5) is 10.6 Å². The topological polar surface area (TPSA) is 94.6 Å². The minimum absolute atomic E-state index is 0.127. The van der Waals surface area contributed by atoms with Gasteiger partial charge in [0, 0.05) is 38.0 Å². The molecular weight excluding hydrogens is 354 g/mol. The number of carbonyl (C=O) groups excluding carboxylic acids is 3. The van der Waals surface area contributed by atoms with Crippen molar-refractivity contribution in [3.05, 3.63) is 24.3 Å². The zero-order valence-corrected chi connectivity index (χ0v) is 14.9. The molecule has 1 aromatic heterocycles. The van der Waals surface area contributed by atoms with Crippen molar-refractivity contribution in [2.75, 3.05) is 31.1 Å². The highest BCUT2D eigenvalue weighted by atomic mass is 32.1. The first kappa shape index (κ1) is 16.8. The summed E-state index contributed by atoms with van der Waals surface area (Å²) in [4.78, 5) is 39.7. The van der Waals surface area contributed by atoms with Crippen LogP contribution in [0.5, 0.6) is 0 Å². The van der Waals surface area contributed by atoms with Crippen molar-refractivity contribution >= 4 is 45.3 Å². The van der Waals surface area contributed by atoms with Crippen molar-refractivity contribution in [2.45, 2.75) is 18.9 Å². The Balaban J connectivity index is 1.41. The van der Waals surface area contributed by atoms with Crippen molar-refractivity contribution in [1.29, 1.82) is 0 Å². The maximum atomic E-state index is 12.7. The maximum Gasteiger partial charge on any atom is 0.322 e. The molecule has 8 nitrogen and oxygen atoms in total. The summed E-state index contributed by atoms with van der Waals surface area (Å²) in [6, 6.07) is 6.88. The van der Waals surface area contributed by atoms with Gasteiger partial charge in [0.25, 0.3) is 0 Å². The minimum atomic E-state index is -0.645. The van der Waals surface area contributed by atoms with Crippen molar-refractivity contribution in [2.24, 2.45) is 0 Å². The lowest BCUT2D eigenvalue weighted by Crippen LogP contribution is -2.55. The summed E-state index contributed by atoms with van der Waals surface area (Å²) in [5.74, 6) is 0.492. The highest BCUT2D eigenvalue weighted by Crippen LogP contribution is 2.29.